The molecule has 0 unspecified atom stereocenters. The number of aliphatic carboxylic acids is 1. The summed E-state index contributed by atoms with van der Waals surface area (Å²) in [6, 6.07) is 7.81. The van der Waals surface area contributed by atoms with E-state index in [1.807, 2.05) is 29.6 Å². The third-order valence-electron chi connectivity index (χ3n) is 4.33. The molecule has 1 aliphatic carbocycles. The number of carbonyl (C=O) groups is 1. The van der Waals surface area contributed by atoms with Crippen molar-refractivity contribution in [2.24, 2.45) is 0 Å². The van der Waals surface area contributed by atoms with Crippen LogP contribution in [0.15, 0.2) is 29.6 Å². The lowest BCUT2D eigenvalue weighted by atomic mass is 9.73. The van der Waals surface area contributed by atoms with Crippen molar-refractivity contribution >= 4 is 27.4 Å². The van der Waals surface area contributed by atoms with Crippen molar-refractivity contribution in [1.29, 1.82) is 0 Å². The molecule has 0 aliphatic heterocycles. The van der Waals surface area contributed by atoms with Gasteiger partial charge >= 0.3 is 5.97 Å². The predicted molar refractivity (Wildman–Crippen MR) is 80.2 cm³/mol. The Morgan fingerprint density at radius 1 is 1.20 bits per heavy atom. The van der Waals surface area contributed by atoms with E-state index in [2.05, 4.69) is 0 Å². The Morgan fingerprint density at radius 2 is 1.90 bits per heavy atom. The Balaban J connectivity index is 2.09. The summed E-state index contributed by atoms with van der Waals surface area (Å²) in [5, 5.41) is 23.4. The fraction of sp³-hybridized carbons (Fsp3) is 0.438. The highest BCUT2D eigenvalue weighted by atomic mass is 32.1. The molecular weight excluding hydrogens is 272 g/mol. The van der Waals surface area contributed by atoms with Crippen LogP contribution in [0.5, 0.6) is 0 Å². The molecule has 0 bridgehead atoms. The van der Waals surface area contributed by atoms with Gasteiger partial charge in [-0.3, -0.25) is 4.79 Å². The molecule has 4 heteroatoms. The Bertz CT molecular complexity index is 625. The largest absolute Gasteiger partial charge is 0.481 e. The zero-order valence-electron chi connectivity index (χ0n) is 11.2. The third kappa shape index (κ3) is 2.23. The van der Waals surface area contributed by atoms with Gasteiger partial charge in [0.05, 0.1) is 5.60 Å². The van der Waals surface area contributed by atoms with Gasteiger partial charge in [0.25, 0.3) is 0 Å². The first-order valence-corrected chi connectivity index (χ1v) is 7.91. The average Bonchev–Trinajstić information content (AvgIpc) is 2.83. The molecule has 1 aromatic heterocycles. The van der Waals surface area contributed by atoms with Crippen LogP contribution in [0.3, 0.4) is 0 Å². The van der Waals surface area contributed by atoms with Crippen LogP contribution >= 0.6 is 11.3 Å². The summed E-state index contributed by atoms with van der Waals surface area (Å²) in [5.41, 5.74) is -0.337. The molecule has 0 radical (unpaired) electrons. The van der Waals surface area contributed by atoms with E-state index in [0.29, 0.717) is 12.8 Å². The first-order valence-electron chi connectivity index (χ1n) is 7.03. The van der Waals surface area contributed by atoms with Crippen molar-refractivity contribution < 1.29 is 15.0 Å². The summed E-state index contributed by atoms with van der Waals surface area (Å²) in [6.45, 7) is 0. The van der Waals surface area contributed by atoms with Gasteiger partial charge in [0.15, 0.2) is 0 Å². The standard InChI is InChI=1S/C16H18O3S/c17-15(18)14(16(19)8-4-1-5-9-16)12-10-20-13-7-3-2-6-11(12)13/h2-3,6-7,10,14,19H,1,4-5,8-9H2,(H,17,18)/t14-/m1/s1. The van der Waals surface area contributed by atoms with Gasteiger partial charge in [-0.2, -0.15) is 0 Å². The second kappa shape index (κ2) is 5.19. The van der Waals surface area contributed by atoms with Crippen LogP contribution in [0.4, 0.5) is 0 Å². The van der Waals surface area contributed by atoms with Gasteiger partial charge in [0.1, 0.15) is 5.92 Å². The lowest BCUT2D eigenvalue weighted by Crippen LogP contribution is -2.42. The molecule has 0 spiro atoms. The predicted octanol–water partition coefficient (Wildman–Crippen LogP) is 3.76. The SMILES string of the molecule is O=C(O)[C@@H](c1csc2ccccc12)C1(O)CCCCC1. The molecule has 1 fully saturated rings. The van der Waals surface area contributed by atoms with E-state index in [-0.39, 0.29) is 0 Å². The van der Waals surface area contributed by atoms with E-state index in [1.165, 1.54) is 0 Å². The molecule has 3 nitrogen and oxygen atoms in total. The molecule has 1 saturated carbocycles. The van der Waals surface area contributed by atoms with Gasteiger partial charge in [0, 0.05) is 4.70 Å². The van der Waals surface area contributed by atoms with E-state index in [9.17, 15) is 15.0 Å². The summed E-state index contributed by atoms with van der Waals surface area (Å²) < 4.78 is 1.08. The minimum atomic E-state index is -1.10. The van der Waals surface area contributed by atoms with E-state index in [0.717, 1.165) is 34.9 Å². The molecule has 2 aromatic rings. The quantitative estimate of drug-likeness (QED) is 0.904. The van der Waals surface area contributed by atoms with Crippen LogP contribution in [-0.4, -0.2) is 21.8 Å². The molecule has 1 aliphatic rings. The van der Waals surface area contributed by atoms with Crippen molar-refractivity contribution in [3.63, 3.8) is 0 Å². The number of carboxylic acid groups (broad SMARTS) is 1. The number of benzene rings is 1. The summed E-state index contributed by atoms with van der Waals surface area (Å²) in [5.74, 6) is -1.74. The number of fused-ring (bicyclic) bond motifs is 1. The molecule has 106 valence electrons. The van der Waals surface area contributed by atoms with Crippen molar-refractivity contribution in [3.8, 4) is 0 Å². The third-order valence-corrected chi connectivity index (χ3v) is 5.31. The molecule has 1 heterocycles. The number of carboxylic acids is 1. The monoisotopic (exact) mass is 290 g/mol. The van der Waals surface area contributed by atoms with Gasteiger partial charge in [0.2, 0.25) is 0 Å². The van der Waals surface area contributed by atoms with Crippen LogP contribution < -0.4 is 0 Å². The molecule has 20 heavy (non-hydrogen) atoms. The van der Waals surface area contributed by atoms with Crippen LogP contribution in [0.1, 0.15) is 43.6 Å². The number of hydrogen-bond donors (Lipinski definition) is 2. The molecule has 0 amide bonds. The van der Waals surface area contributed by atoms with E-state index in [1.54, 1.807) is 11.3 Å². The second-order valence-corrected chi connectivity index (χ2v) is 6.53. The normalized spacial score (nSPS) is 19.9. The van der Waals surface area contributed by atoms with Crippen molar-refractivity contribution in [2.45, 2.75) is 43.6 Å². The maximum absolute atomic E-state index is 11.8. The molecule has 0 saturated heterocycles. The highest BCUT2D eigenvalue weighted by molar-refractivity contribution is 7.17. The second-order valence-electron chi connectivity index (χ2n) is 5.62. The van der Waals surface area contributed by atoms with Gasteiger partial charge in [-0.1, -0.05) is 37.5 Å². The van der Waals surface area contributed by atoms with Crippen LogP contribution in [-0.2, 0) is 4.79 Å². The summed E-state index contributed by atoms with van der Waals surface area (Å²) in [6.07, 6.45) is 4.05. The Labute approximate surface area is 121 Å². The van der Waals surface area contributed by atoms with Crippen molar-refractivity contribution in [2.75, 3.05) is 0 Å². The van der Waals surface area contributed by atoms with Crippen LogP contribution in [0, 0.1) is 0 Å². The first-order chi connectivity index (χ1) is 9.62. The minimum absolute atomic E-state index is 0.578. The Kier molecular flexibility index (Phi) is 3.52. The number of hydrogen-bond acceptors (Lipinski definition) is 3. The van der Waals surface area contributed by atoms with E-state index >= 15 is 0 Å². The zero-order valence-corrected chi connectivity index (χ0v) is 12.0. The Hall–Kier alpha value is -1.39. The topological polar surface area (TPSA) is 57.5 Å². The lowest BCUT2D eigenvalue weighted by molar-refractivity contribution is -0.147. The molecule has 1 aromatic carbocycles. The van der Waals surface area contributed by atoms with Crippen molar-refractivity contribution in [3.05, 3.63) is 35.2 Å². The minimum Gasteiger partial charge on any atom is -0.481 e. The summed E-state index contributed by atoms with van der Waals surface area (Å²) in [7, 11) is 0. The van der Waals surface area contributed by atoms with Gasteiger partial charge < -0.3 is 10.2 Å². The van der Waals surface area contributed by atoms with Gasteiger partial charge in [-0.15, -0.1) is 11.3 Å². The molecular formula is C16H18O3S. The molecule has 1 atom stereocenters. The average molecular weight is 290 g/mol. The van der Waals surface area contributed by atoms with Crippen molar-refractivity contribution in [1.82, 2.24) is 0 Å². The highest BCUT2D eigenvalue weighted by Crippen LogP contribution is 2.43. The van der Waals surface area contributed by atoms with E-state index in [4.69, 9.17) is 0 Å². The fourth-order valence-electron chi connectivity index (χ4n) is 3.33. The van der Waals surface area contributed by atoms with E-state index < -0.39 is 17.5 Å². The summed E-state index contributed by atoms with van der Waals surface area (Å²) >= 11 is 1.55. The number of thiophene rings is 1. The fourth-order valence-corrected chi connectivity index (χ4v) is 4.31. The highest BCUT2D eigenvalue weighted by Gasteiger charge is 2.44. The maximum atomic E-state index is 11.8. The van der Waals surface area contributed by atoms with Crippen LogP contribution in [0.2, 0.25) is 0 Å². The van der Waals surface area contributed by atoms with Gasteiger partial charge in [-0.25, -0.2) is 0 Å². The zero-order chi connectivity index (χ0) is 14.2. The van der Waals surface area contributed by atoms with Gasteiger partial charge in [-0.05, 0) is 35.2 Å². The number of rotatable bonds is 3. The number of aliphatic hydroxyl groups is 1. The lowest BCUT2D eigenvalue weighted by Gasteiger charge is -2.37. The summed E-state index contributed by atoms with van der Waals surface area (Å²) in [4.78, 5) is 11.8. The van der Waals surface area contributed by atoms with Crippen LogP contribution in [0.25, 0.3) is 10.1 Å². The smallest absolute Gasteiger partial charge is 0.313 e. The Morgan fingerprint density at radius 3 is 2.60 bits per heavy atom. The molecule has 2 N–H and O–H groups in total. The maximum Gasteiger partial charge on any atom is 0.313 e. The molecule has 3 rings (SSSR count). The first kappa shape index (κ1) is 13.6.